The first kappa shape index (κ1) is 21.7. The topological polar surface area (TPSA) is 49.1 Å². The monoisotopic (exact) mass is 417 g/mol. The van der Waals surface area contributed by atoms with E-state index in [0.717, 1.165) is 49.8 Å². The molecule has 0 N–H and O–H groups in total. The summed E-state index contributed by atoms with van der Waals surface area (Å²) in [6, 6.07) is 12.7. The van der Waals surface area contributed by atoms with Crippen LogP contribution in [0.2, 0.25) is 0 Å². The number of hydrogen-bond donors (Lipinski definition) is 0. The lowest BCUT2D eigenvalue weighted by molar-refractivity contribution is 0.170. The highest BCUT2D eigenvalue weighted by Gasteiger charge is 2.22. The number of ether oxygens (including phenoxy) is 1. The van der Waals surface area contributed by atoms with Gasteiger partial charge in [-0.1, -0.05) is 45.1 Å². The van der Waals surface area contributed by atoms with E-state index in [1.165, 1.54) is 56.1 Å². The Morgan fingerprint density at radius 1 is 1.06 bits per heavy atom. The Bertz CT molecular complexity index is 874. The largest absolute Gasteiger partial charge is 0.490 e. The van der Waals surface area contributed by atoms with Crippen LogP contribution in [0.3, 0.4) is 0 Å². The van der Waals surface area contributed by atoms with Crippen molar-refractivity contribution in [3.63, 3.8) is 0 Å². The molecule has 1 saturated carbocycles. The maximum Gasteiger partial charge on any atom is 0.128 e. The first-order chi connectivity index (χ1) is 15.2. The van der Waals surface area contributed by atoms with Crippen LogP contribution < -0.4 is 9.64 Å². The fourth-order valence-corrected chi connectivity index (χ4v) is 4.82. The predicted molar refractivity (Wildman–Crippen MR) is 126 cm³/mol. The summed E-state index contributed by atoms with van der Waals surface area (Å²) < 4.78 is 6.42. The summed E-state index contributed by atoms with van der Waals surface area (Å²) in [5, 5.41) is 8.95. The molecule has 1 aromatic heterocycles. The first-order valence-corrected chi connectivity index (χ1v) is 12.1. The summed E-state index contributed by atoms with van der Waals surface area (Å²) in [7, 11) is 0. The molecule has 1 saturated heterocycles. The molecule has 2 aliphatic rings. The van der Waals surface area contributed by atoms with Gasteiger partial charge in [-0.15, -0.1) is 0 Å². The molecule has 4 nitrogen and oxygen atoms in total. The second-order valence-electron chi connectivity index (χ2n) is 9.19. The number of rotatable bonds is 9. The van der Waals surface area contributed by atoms with Crippen LogP contribution in [0.1, 0.15) is 75.0 Å². The van der Waals surface area contributed by atoms with Crippen molar-refractivity contribution >= 4 is 5.82 Å². The molecule has 31 heavy (non-hydrogen) atoms. The zero-order chi connectivity index (χ0) is 21.5. The van der Waals surface area contributed by atoms with Gasteiger partial charge in [0.1, 0.15) is 23.7 Å². The van der Waals surface area contributed by atoms with Gasteiger partial charge < -0.3 is 9.64 Å². The Hall–Kier alpha value is -2.54. The van der Waals surface area contributed by atoms with Crippen molar-refractivity contribution in [1.82, 2.24) is 4.98 Å². The van der Waals surface area contributed by atoms with E-state index in [0.29, 0.717) is 5.56 Å². The molecule has 1 aromatic carbocycles. The van der Waals surface area contributed by atoms with Crippen LogP contribution in [-0.2, 0) is 12.8 Å². The van der Waals surface area contributed by atoms with Crippen molar-refractivity contribution < 1.29 is 4.74 Å². The number of piperidine rings is 1. The van der Waals surface area contributed by atoms with Gasteiger partial charge in [0.25, 0.3) is 0 Å². The van der Waals surface area contributed by atoms with Crippen LogP contribution in [0.4, 0.5) is 5.82 Å². The van der Waals surface area contributed by atoms with Gasteiger partial charge in [0.2, 0.25) is 0 Å². The number of aromatic nitrogens is 1. The lowest BCUT2D eigenvalue weighted by Gasteiger charge is -2.33. The molecular formula is C27H35N3O. The van der Waals surface area contributed by atoms with Crippen molar-refractivity contribution in [3.8, 4) is 11.8 Å². The molecule has 0 spiro atoms. The van der Waals surface area contributed by atoms with Crippen LogP contribution >= 0.6 is 0 Å². The molecule has 4 heteroatoms. The Labute approximate surface area is 187 Å². The summed E-state index contributed by atoms with van der Waals surface area (Å²) in [5.41, 5.74) is 3.61. The number of anilines is 1. The summed E-state index contributed by atoms with van der Waals surface area (Å²) >= 11 is 0. The fraction of sp³-hybridized carbons (Fsp3) is 0.556. The minimum absolute atomic E-state index is 0.259. The number of pyridine rings is 1. The Balaban J connectivity index is 1.31. The van der Waals surface area contributed by atoms with Crippen LogP contribution in [0.5, 0.6) is 5.75 Å². The van der Waals surface area contributed by atoms with Crippen molar-refractivity contribution in [2.75, 3.05) is 18.0 Å². The molecule has 4 rings (SSSR count). The maximum atomic E-state index is 8.95. The van der Waals surface area contributed by atoms with Crippen molar-refractivity contribution in [2.45, 2.75) is 77.2 Å². The lowest BCUT2D eigenvalue weighted by atomic mass is 9.81. The van der Waals surface area contributed by atoms with Crippen LogP contribution in [0.15, 0.2) is 36.5 Å². The van der Waals surface area contributed by atoms with E-state index < -0.39 is 0 Å². The highest BCUT2D eigenvalue weighted by molar-refractivity contribution is 5.42. The summed E-state index contributed by atoms with van der Waals surface area (Å²) in [6.45, 7) is 4.14. The van der Waals surface area contributed by atoms with E-state index in [9.17, 15) is 0 Å². The van der Waals surface area contributed by atoms with Gasteiger partial charge >= 0.3 is 0 Å². The number of benzene rings is 1. The molecule has 164 valence electrons. The maximum absolute atomic E-state index is 8.95. The van der Waals surface area contributed by atoms with E-state index >= 15 is 0 Å². The zero-order valence-corrected chi connectivity index (χ0v) is 18.9. The number of nitrogens with zero attached hydrogens (tertiary/aromatic N) is 3. The van der Waals surface area contributed by atoms with Gasteiger partial charge in [0.05, 0.1) is 5.56 Å². The third-order valence-electron chi connectivity index (χ3n) is 6.93. The minimum Gasteiger partial charge on any atom is -0.490 e. The molecule has 0 atom stereocenters. The van der Waals surface area contributed by atoms with Crippen LogP contribution in [0.25, 0.3) is 0 Å². The summed E-state index contributed by atoms with van der Waals surface area (Å²) in [4.78, 5) is 6.72. The number of nitriles is 1. The number of aryl methyl sites for hydroxylation is 2. The molecule has 0 radical (unpaired) electrons. The second kappa shape index (κ2) is 10.7. The SMILES string of the molecule is CCCc1ccc(OC2CCN(c3ccc(C#N)cn3)CC2)cc1CCCC1CCC1. The summed E-state index contributed by atoms with van der Waals surface area (Å²) in [6.07, 6.45) is 14.5. The molecule has 0 bridgehead atoms. The van der Waals surface area contributed by atoms with E-state index in [-0.39, 0.29) is 6.10 Å². The Kier molecular flexibility index (Phi) is 7.46. The molecule has 0 unspecified atom stereocenters. The lowest BCUT2D eigenvalue weighted by Crippen LogP contribution is -2.38. The predicted octanol–water partition coefficient (Wildman–Crippen LogP) is 6.08. The number of hydrogen-bond acceptors (Lipinski definition) is 4. The average molecular weight is 418 g/mol. The molecule has 1 aliphatic carbocycles. The highest BCUT2D eigenvalue weighted by Crippen LogP contribution is 2.32. The van der Waals surface area contributed by atoms with Crippen molar-refractivity contribution in [1.29, 1.82) is 5.26 Å². The fourth-order valence-electron chi connectivity index (χ4n) is 4.82. The van der Waals surface area contributed by atoms with E-state index in [1.807, 2.05) is 12.1 Å². The molecule has 0 amide bonds. The average Bonchev–Trinajstić information content (AvgIpc) is 2.78. The molecular weight excluding hydrogens is 382 g/mol. The standard InChI is InChI=1S/C27H35N3O/c1-2-5-23-11-12-26(18-24(23)9-4-8-21-6-3-7-21)31-25-14-16-30(17-15-25)27-13-10-22(19-28)20-29-27/h10-13,18,20-21,25H,2-9,14-17H2,1H3. The van der Waals surface area contributed by atoms with Gasteiger partial charge in [0.15, 0.2) is 0 Å². The Morgan fingerprint density at radius 2 is 1.90 bits per heavy atom. The van der Waals surface area contributed by atoms with Gasteiger partial charge in [-0.2, -0.15) is 5.26 Å². The van der Waals surface area contributed by atoms with Crippen molar-refractivity contribution in [3.05, 3.63) is 53.2 Å². The summed E-state index contributed by atoms with van der Waals surface area (Å²) in [5.74, 6) is 2.98. The molecule has 2 heterocycles. The molecule has 2 fully saturated rings. The molecule has 1 aliphatic heterocycles. The minimum atomic E-state index is 0.259. The van der Waals surface area contributed by atoms with Gasteiger partial charge in [-0.25, -0.2) is 4.98 Å². The van der Waals surface area contributed by atoms with Crippen molar-refractivity contribution in [2.24, 2.45) is 5.92 Å². The Morgan fingerprint density at radius 3 is 2.55 bits per heavy atom. The van der Waals surface area contributed by atoms with Gasteiger partial charge in [-0.05, 0) is 60.6 Å². The third-order valence-corrected chi connectivity index (χ3v) is 6.93. The van der Waals surface area contributed by atoms with E-state index in [4.69, 9.17) is 10.00 Å². The van der Waals surface area contributed by atoms with Crippen LogP contribution in [-0.4, -0.2) is 24.2 Å². The van der Waals surface area contributed by atoms with Crippen LogP contribution in [0, 0.1) is 17.2 Å². The second-order valence-corrected chi connectivity index (χ2v) is 9.19. The first-order valence-electron chi connectivity index (χ1n) is 12.1. The quantitative estimate of drug-likeness (QED) is 0.496. The van der Waals surface area contributed by atoms with Gasteiger partial charge in [0, 0.05) is 32.1 Å². The normalized spacial score (nSPS) is 17.2. The van der Waals surface area contributed by atoms with Gasteiger partial charge in [-0.3, -0.25) is 0 Å². The smallest absolute Gasteiger partial charge is 0.128 e. The highest BCUT2D eigenvalue weighted by atomic mass is 16.5. The van der Waals surface area contributed by atoms with E-state index in [2.05, 4.69) is 41.1 Å². The third kappa shape index (κ3) is 5.79. The zero-order valence-electron chi connectivity index (χ0n) is 18.9. The molecule has 2 aromatic rings. The van der Waals surface area contributed by atoms with E-state index in [1.54, 1.807) is 6.20 Å².